The molecule has 1 fully saturated rings. The number of hydrogen-bond acceptors (Lipinski definition) is 2. The van der Waals surface area contributed by atoms with Crippen LogP contribution >= 0.6 is 0 Å². The molecule has 0 bridgehead atoms. The third-order valence-electron chi connectivity index (χ3n) is 4.63. The van der Waals surface area contributed by atoms with Crippen molar-refractivity contribution in [3.63, 3.8) is 0 Å². The van der Waals surface area contributed by atoms with Gasteiger partial charge in [-0.05, 0) is 43.7 Å². The van der Waals surface area contributed by atoms with Gasteiger partial charge in [0.2, 0.25) is 0 Å². The lowest BCUT2D eigenvalue weighted by atomic mass is 9.91. The van der Waals surface area contributed by atoms with Crippen molar-refractivity contribution in [3.05, 3.63) is 29.3 Å². The van der Waals surface area contributed by atoms with Crippen molar-refractivity contribution in [1.29, 1.82) is 0 Å². The molecule has 0 amide bonds. The largest absolute Gasteiger partial charge is 0.490 e. The number of benzene rings is 1. The van der Waals surface area contributed by atoms with Crippen LogP contribution in [-0.2, 0) is 6.42 Å². The Balaban J connectivity index is 1.60. The van der Waals surface area contributed by atoms with Crippen LogP contribution in [0.2, 0.25) is 0 Å². The Bertz CT molecular complexity index is 443. The summed E-state index contributed by atoms with van der Waals surface area (Å²) >= 11 is 0. The van der Waals surface area contributed by atoms with Gasteiger partial charge in [-0.25, -0.2) is 0 Å². The Hall–Kier alpha value is -1.02. The molecule has 3 rings (SSSR count). The molecule has 1 aromatic rings. The lowest BCUT2D eigenvalue weighted by Crippen LogP contribution is -2.25. The molecule has 2 nitrogen and oxygen atoms in total. The molecule has 1 aromatic carbocycles. The highest BCUT2D eigenvalue weighted by molar-refractivity contribution is 5.40. The highest BCUT2D eigenvalue weighted by Gasteiger charge is 2.27. The van der Waals surface area contributed by atoms with Crippen molar-refractivity contribution in [2.24, 2.45) is 11.7 Å². The van der Waals surface area contributed by atoms with E-state index in [9.17, 15) is 0 Å². The second-order valence-electron chi connectivity index (χ2n) is 6.44. The molecule has 0 spiro atoms. The second-order valence-corrected chi connectivity index (χ2v) is 6.44. The fourth-order valence-corrected chi connectivity index (χ4v) is 3.67. The summed E-state index contributed by atoms with van der Waals surface area (Å²) in [5, 5.41) is 0. The zero-order chi connectivity index (χ0) is 13.2. The lowest BCUT2D eigenvalue weighted by Gasteiger charge is -2.20. The summed E-state index contributed by atoms with van der Waals surface area (Å²) in [4.78, 5) is 0. The summed E-state index contributed by atoms with van der Waals surface area (Å²) in [6.45, 7) is 2.15. The third-order valence-corrected chi connectivity index (χ3v) is 4.63. The van der Waals surface area contributed by atoms with Crippen molar-refractivity contribution < 1.29 is 4.74 Å². The van der Waals surface area contributed by atoms with Gasteiger partial charge in [0.25, 0.3) is 0 Å². The summed E-state index contributed by atoms with van der Waals surface area (Å²) in [5.41, 5.74) is 8.89. The first-order valence-electron chi connectivity index (χ1n) is 7.72. The molecule has 2 N–H and O–H groups in total. The second kappa shape index (κ2) is 5.54. The van der Waals surface area contributed by atoms with Crippen LogP contribution < -0.4 is 10.5 Å². The van der Waals surface area contributed by atoms with Gasteiger partial charge in [-0.1, -0.05) is 37.0 Å². The van der Waals surface area contributed by atoms with Crippen LogP contribution in [0, 0.1) is 12.8 Å². The molecule has 1 saturated carbocycles. The third kappa shape index (κ3) is 3.11. The monoisotopic (exact) mass is 259 g/mol. The summed E-state index contributed by atoms with van der Waals surface area (Å²) in [6, 6.07) is 6.96. The molecule has 104 valence electrons. The maximum Gasteiger partial charge on any atom is 0.123 e. The molecule has 1 aliphatic carbocycles. The summed E-state index contributed by atoms with van der Waals surface area (Å²) < 4.78 is 6.10. The van der Waals surface area contributed by atoms with Crippen LogP contribution in [-0.4, -0.2) is 12.1 Å². The van der Waals surface area contributed by atoms with Crippen molar-refractivity contribution >= 4 is 0 Å². The minimum atomic E-state index is 0.382. The molecular formula is C17H25NO. The number of hydrogen-bond donors (Lipinski definition) is 1. The van der Waals surface area contributed by atoms with Gasteiger partial charge in [0.1, 0.15) is 11.9 Å². The molecule has 19 heavy (non-hydrogen) atoms. The molecule has 3 atom stereocenters. The first-order valence-corrected chi connectivity index (χ1v) is 7.72. The van der Waals surface area contributed by atoms with Crippen molar-refractivity contribution in [2.75, 3.05) is 0 Å². The number of nitrogens with two attached hydrogens (primary N) is 1. The average molecular weight is 259 g/mol. The Morgan fingerprint density at radius 2 is 2.11 bits per heavy atom. The van der Waals surface area contributed by atoms with Crippen LogP contribution in [0.15, 0.2) is 18.2 Å². The maximum absolute atomic E-state index is 6.16. The molecule has 0 saturated heterocycles. The predicted octanol–water partition coefficient (Wildman–Crippen LogP) is 3.60. The van der Waals surface area contributed by atoms with Gasteiger partial charge in [0, 0.05) is 12.5 Å². The lowest BCUT2D eigenvalue weighted by molar-refractivity contribution is 0.185. The maximum atomic E-state index is 6.16. The van der Waals surface area contributed by atoms with Crippen LogP contribution in [0.3, 0.4) is 0 Å². The zero-order valence-electron chi connectivity index (χ0n) is 11.9. The van der Waals surface area contributed by atoms with Crippen LogP contribution in [0.5, 0.6) is 5.75 Å². The van der Waals surface area contributed by atoms with Crippen LogP contribution in [0.4, 0.5) is 0 Å². The quantitative estimate of drug-likeness (QED) is 0.824. The van der Waals surface area contributed by atoms with E-state index < -0.39 is 0 Å². The summed E-state index contributed by atoms with van der Waals surface area (Å²) in [7, 11) is 0. The smallest absolute Gasteiger partial charge is 0.123 e. The minimum Gasteiger partial charge on any atom is -0.490 e. The minimum absolute atomic E-state index is 0.382. The van der Waals surface area contributed by atoms with Crippen molar-refractivity contribution in [1.82, 2.24) is 0 Å². The summed E-state index contributed by atoms with van der Waals surface area (Å²) in [5.74, 6) is 1.87. The highest BCUT2D eigenvalue weighted by Crippen LogP contribution is 2.34. The van der Waals surface area contributed by atoms with E-state index in [2.05, 4.69) is 25.1 Å². The van der Waals surface area contributed by atoms with Crippen LogP contribution in [0.25, 0.3) is 0 Å². The van der Waals surface area contributed by atoms with Crippen molar-refractivity contribution in [3.8, 4) is 5.75 Å². The van der Waals surface area contributed by atoms with E-state index in [0.29, 0.717) is 12.1 Å². The number of rotatable bonds is 2. The molecule has 2 heteroatoms. The highest BCUT2D eigenvalue weighted by atomic mass is 16.5. The Morgan fingerprint density at radius 1 is 1.26 bits per heavy atom. The number of fused-ring (bicyclic) bond motifs is 1. The van der Waals surface area contributed by atoms with Crippen LogP contribution in [0.1, 0.15) is 49.7 Å². The van der Waals surface area contributed by atoms with E-state index in [1.165, 1.54) is 49.7 Å². The SMILES string of the molecule is Cc1ccc2c(c1)CC(CC1CCCCC(N)C1)O2. The van der Waals surface area contributed by atoms with Gasteiger partial charge in [-0.3, -0.25) is 0 Å². The Labute approximate surface area is 116 Å². The zero-order valence-corrected chi connectivity index (χ0v) is 11.9. The van der Waals surface area contributed by atoms with Gasteiger partial charge in [-0.15, -0.1) is 0 Å². The average Bonchev–Trinajstić information content (AvgIpc) is 2.63. The molecule has 0 radical (unpaired) electrons. The van der Waals surface area contributed by atoms with E-state index in [1.807, 2.05) is 0 Å². The van der Waals surface area contributed by atoms with Gasteiger partial charge >= 0.3 is 0 Å². The van der Waals surface area contributed by atoms with Gasteiger partial charge < -0.3 is 10.5 Å². The van der Waals surface area contributed by atoms with Crippen molar-refractivity contribution in [2.45, 2.75) is 64.0 Å². The number of ether oxygens (including phenoxy) is 1. The normalized spacial score (nSPS) is 30.5. The first kappa shape index (κ1) is 13.0. The molecule has 1 heterocycles. The van der Waals surface area contributed by atoms with E-state index in [-0.39, 0.29) is 0 Å². The number of aryl methyl sites for hydroxylation is 1. The van der Waals surface area contributed by atoms with Gasteiger partial charge in [-0.2, -0.15) is 0 Å². The molecule has 2 aliphatic rings. The fraction of sp³-hybridized carbons (Fsp3) is 0.647. The molecule has 0 aromatic heterocycles. The molecule has 1 aliphatic heterocycles. The molecular weight excluding hydrogens is 234 g/mol. The molecule has 3 unspecified atom stereocenters. The predicted molar refractivity (Wildman–Crippen MR) is 78.5 cm³/mol. The van der Waals surface area contributed by atoms with E-state index in [1.54, 1.807) is 0 Å². The van der Waals surface area contributed by atoms with Gasteiger partial charge in [0.15, 0.2) is 0 Å². The van der Waals surface area contributed by atoms with E-state index >= 15 is 0 Å². The first-order chi connectivity index (χ1) is 9.20. The van der Waals surface area contributed by atoms with E-state index in [0.717, 1.165) is 18.1 Å². The Morgan fingerprint density at radius 3 is 3.00 bits per heavy atom. The van der Waals surface area contributed by atoms with E-state index in [4.69, 9.17) is 10.5 Å². The fourth-order valence-electron chi connectivity index (χ4n) is 3.67. The topological polar surface area (TPSA) is 35.2 Å². The van der Waals surface area contributed by atoms with Gasteiger partial charge in [0.05, 0.1) is 0 Å². The Kier molecular flexibility index (Phi) is 3.79. The summed E-state index contributed by atoms with van der Waals surface area (Å²) in [6.07, 6.45) is 9.04. The standard InChI is InChI=1S/C17H25NO/c1-12-6-7-17-14(8-12)11-16(19-17)10-13-4-2-3-5-15(18)9-13/h6-8,13,15-16H,2-5,9-11,18H2,1H3.